The van der Waals surface area contributed by atoms with E-state index in [0.29, 0.717) is 29.2 Å². The molecule has 5 fully saturated rings. The Labute approximate surface area is 201 Å². The number of nitrogens with zero attached hydrogens (tertiary/aromatic N) is 2. The maximum atomic E-state index is 14.2. The molecule has 7 heteroatoms. The third kappa shape index (κ3) is 3.56. The van der Waals surface area contributed by atoms with Gasteiger partial charge in [-0.25, -0.2) is 4.90 Å². The van der Waals surface area contributed by atoms with Crippen molar-refractivity contribution in [2.45, 2.75) is 57.5 Å². The van der Waals surface area contributed by atoms with E-state index in [1.54, 1.807) is 29.4 Å². The maximum absolute atomic E-state index is 14.2. The number of anilines is 1. The second-order valence-corrected chi connectivity index (χ2v) is 11.4. The molecule has 1 aliphatic heterocycles. The van der Waals surface area contributed by atoms with Crippen LogP contribution in [0.5, 0.6) is 0 Å². The molecule has 2 aromatic rings. The van der Waals surface area contributed by atoms with Gasteiger partial charge in [0.25, 0.3) is 5.91 Å². The molecule has 4 bridgehead atoms. The van der Waals surface area contributed by atoms with Crippen molar-refractivity contribution in [1.82, 2.24) is 4.90 Å². The Morgan fingerprint density at radius 1 is 1.03 bits per heavy atom. The Bertz CT molecular complexity index is 1060. The largest absolute Gasteiger partial charge is 0.467 e. The highest BCUT2D eigenvalue weighted by atomic mass is 79.9. The maximum Gasteiger partial charge on any atom is 0.257 e. The van der Waals surface area contributed by atoms with Crippen LogP contribution in [0, 0.1) is 23.2 Å². The minimum Gasteiger partial charge on any atom is -0.467 e. The number of carbonyl (C=O) groups excluding carboxylic acids is 3. The Balaban J connectivity index is 1.33. The highest BCUT2D eigenvalue weighted by molar-refractivity contribution is 9.10. The lowest BCUT2D eigenvalue weighted by molar-refractivity contribution is -0.162. The molecule has 4 saturated carbocycles. The predicted octanol–water partition coefficient (Wildman–Crippen LogP) is 4.92. The number of hydrogen-bond donors (Lipinski definition) is 0. The van der Waals surface area contributed by atoms with Crippen LogP contribution in [0.4, 0.5) is 5.69 Å². The summed E-state index contributed by atoms with van der Waals surface area (Å²) in [5.74, 6) is 1.93. The van der Waals surface area contributed by atoms with Gasteiger partial charge >= 0.3 is 0 Å². The van der Waals surface area contributed by atoms with Crippen LogP contribution in [-0.2, 0) is 20.9 Å². The summed E-state index contributed by atoms with van der Waals surface area (Å²) in [5, 5.41) is 0. The molecule has 5 aliphatic rings. The quantitative estimate of drug-likeness (QED) is 0.535. The molecule has 1 aromatic carbocycles. The van der Waals surface area contributed by atoms with Crippen LogP contribution in [0.25, 0.3) is 0 Å². The lowest BCUT2D eigenvalue weighted by atomic mass is 9.49. The zero-order valence-corrected chi connectivity index (χ0v) is 20.0. The van der Waals surface area contributed by atoms with Gasteiger partial charge in [-0.1, -0.05) is 15.9 Å². The third-order valence-corrected chi connectivity index (χ3v) is 8.77. The minimum atomic E-state index is -0.799. The molecule has 2 heterocycles. The zero-order chi connectivity index (χ0) is 22.7. The summed E-state index contributed by atoms with van der Waals surface area (Å²) in [7, 11) is 0. The van der Waals surface area contributed by atoms with E-state index in [9.17, 15) is 14.4 Å². The van der Waals surface area contributed by atoms with E-state index < -0.39 is 11.5 Å². The van der Waals surface area contributed by atoms with E-state index in [1.165, 1.54) is 24.2 Å². The van der Waals surface area contributed by atoms with Crippen molar-refractivity contribution < 1.29 is 18.8 Å². The van der Waals surface area contributed by atoms with Gasteiger partial charge in [0.1, 0.15) is 11.8 Å². The van der Waals surface area contributed by atoms with Crippen LogP contribution in [0.1, 0.15) is 50.7 Å². The van der Waals surface area contributed by atoms with Crippen molar-refractivity contribution in [1.29, 1.82) is 0 Å². The molecule has 7 rings (SSSR count). The predicted molar refractivity (Wildman–Crippen MR) is 125 cm³/mol. The molecule has 0 spiro atoms. The number of rotatable bonds is 5. The second kappa shape index (κ2) is 7.83. The summed E-state index contributed by atoms with van der Waals surface area (Å²) >= 11 is 3.40. The monoisotopic (exact) mass is 510 g/mol. The highest BCUT2D eigenvalue weighted by Gasteiger charge is 2.57. The Kier molecular flexibility index (Phi) is 5.02. The van der Waals surface area contributed by atoms with Gasteiger partial charge in [-0.3, -0.25) is 14.4 Å². The number of furan rings is 1. The Hall–Kier alpha value is -2.41. The van der Waals surface area contributed by atoms with Gasteiger partial charge in [0, 0.05) is 4.47 Å². The molecule has 1 unspecified atom stereocenters. The van der Waals surface area contributed by atoms with E-state index in [-0.39, 0.29) is 30.7 Å². The molecular weight excluding hydrogens is 484 g/mol. The van der Waals surface area contributed by atoms with Crippen molar-refractivity contribution in [2.75, 3.05) is 4.90 Å². The number of imide groups is 1. The van der Waals surface area contributed by atoms with Gasteiger partial charge < -0.3 is 9.32 Å². The Morgan fingerprint density at radius 3 is 2.24 bits per heavy atom. The van der Waals surface area contributed by atoms with Crippen molar-refractivity contribution >= 4 is 39.3 Å². The van der Waals surface area contributed by atoms with Gasteiger partial charge in [-0.15, -0.1) is 0 Å². The van der Waals surface area contributed by atoms with Gasteiger partial charge in [-0.05, 0) is 92.7 Å². The fourth-order valence-electron chi connectivity index (χ4n) is 7.29. The van der Waals surface area contributed by atoms with Gasteiger partial charge in [0.15, 0.2) is 0 Å². The number of halogens is 1. The molecule has 4 aliphatic carbocycles. The van der Waals surface area contributed by atoms with Crippen LogP contribution >= 0.6 is 15.9 Å². The molecule has 1 aromatic heterocycles. The number of carbonyl (C=O) groups is 3. The molecule has 33 heavy (non-hydrogen) atoms. The van der Waals surface area contributed by atoms with Crippen LogP contribution in [0.15, 0.2) is 51.6 Å². The first-order chi connectivity index (χ1) is 15.9. The lowest BCUT2D eigenvalue weighted by Crippen LogP contribution is -2.57. The molecule has 1 saturated heterocycles. The summed E-state index contributed by atoms with van der Waals surface area (Å²) in [4.78, 5) is 43.7. The fourth-order valence-corrected chi connectivity index (χ4v) is 7.56. The molecule has 1 atom stereocenters. The standard InChI is InChI=1S/C26H27BrN2O4/c27-19-3-5-20(6-4-19)29-23(30)11-22(24(29)31)28(15-21-2-1-7-33-21)25(32)26-12-16-8-17(13-26)10-18(9-16)14-26/h1-7,16-18,22H,8-15H2. The normalized spacial score (nSPS) is 32.6. The van der Waals surface area contributed by atoms with Crippen molar-refractivity contribution in [3.05, 3.63) is 52.9 Å². The number of benzene rings is 1. The molecule has 3 amide bonds. The van der Waals surface area contributed by atoms with E-state index in [1.807, 2.05) is 18.2 Å². The molecular formula is C26H27BrN2O4. The molecule has 0 N–H and O–H groups in total. The lowest BCUT2D eigenvalue weighted by Gasteiger charge is -2.56. The molecule has 172 valence electrons. The summed E-state index contributed by atoms with van der Waals surface area (Å²) in [6, 6.07) is 9.94. The minimum absolute atomic E-state index is 0.00765. The topological polar surface area (TPSA) is 70.8 Å². The second-order valence-electron chi connectivity index (χ2n) is 10.5. The van der Waals surface area contributed by atoms with E-state index >= 15 is 0 Å². The summed E-state index contributed by atoms with van der Waals surface area (Å²) in [6.07, 6.45) is 8.05. The first-order valence-corrected chi connectivity index (χ1v) is 12.7. The van der Waals surface area contributed by atoms with E-state index in [2.05, 4.69) is 15.9 Å². The molecule has 0 radical (unpaired) electrons. The van der Waals surface area contributed by atoms with Crippen LogP contribution in [-0.4, -0.2) is 28.7 Å². The SMILES string of the molecule is O=C1CC(N(Cc2ccco2)C(=O)C23CC4CC(CC(C4)C2)C3)C(=O)N1c1ccc(Br)cc1. The molecule has 6 nitrogen and oxygen atoms in total. The zero-order valence-electron chi connectivity index (χ0n) is 18.4. The van der Waals surface area contributed by atoms with E-state index in [0.717, 1.165) is 23.7 Å². The Morgan fingerprint density at radius 2 is 1.67 bits per heavy atom. The highest BCUT2D eigenvalue weighted by Crippen LogP contribution is 2.60. The van der Waals surface area contributed by atoms with Crippen molar-refractivity contribution in [2.24, 2.45) is 23.2 Å². The average molecular weight is 511 g/mol. The van der Waals surface area contributed by atoms with Gasteiger partial charge in [0.05, 0.1) is 30.3 Å². The summed E-state index contributed by atoms with van der Waals surface area (Å²) in [5.41, 5.74) is 0.145. The van der Waals surface area contributed by atoms with Crippen LogP contribution in [0.3, 0.4) is 0 Å². The first kappa shape index (κ1) is 21.1. The van der Waals surface area contributed by atoms with E-state index in [4.69, 9.17) is 4.42 Å². The van der Waals surface area contributed by atoms with Crippen LogP contribution < -0.4 is 4.90 Å². The number of amides is 3. The average Bonchev–Trinajstić information content (AvgIpc) is 3.39. The smallest absolute Gasteiger partial charge is 0.257 e. The van der Waals surface area contributed by atoms with Gasteiger partial charge in [0.2, 0.25) is 11.8 Å². The first-order valence-electron chi connectivity index (χ1n) is 11.9. The van der Waals surface area contributed by atoms with Crippen molar-refractivity contribution in [3.8, 4) is 0 Å². The third-order valence-electron chi connectivity index (χ3n) is 8.24. The van der Waals surface area contributed by atoms with Crippen LogP contribution in [0.2, 0.25) is 0 Å². The van der Waals surface area contributed by atoms with Crippen molar-refractivity contribution in [3.63, 3.8) is 0 Å². The fraction of sp³-hybridized carbons (Fsp3) is 0.500. The van der Waals surface area contributed by atoms with Gasteiger partial charge in [-0.2, -0.15) is 0 Å². The summed E-state index contributed by atoms with van der Waals surface area (Å²) < 4.78 is 6.44. The number of hydrogen-bond acceptors (Lipinski definition) is 4. The summed E-state index contributed by atoms with van der Waals surface area (Å²) in [6.45, 7) is 0.214.